The molecule has 3 aliphatic heterocycles. The Bertz CT molecular complexity index is 1010. The lowest BCUT2D eigenvalue weighted by Gasteiger charge is -2.44. The van der Waals surface area contributed by atoms with Crippen molar-refractivity contribution in [3.63, 3.8) is 0 Å². The second-order valence-corrected chi connectivity index (χ2v) is 8.79. The molecule has 3 saturated heterocycles. The van der Waals surface area contributed by atoms with E-state index < -0.39 is 0 Å². The molecule has 2 aromatic carbocycles. The van der Waals surface area contributed by atoms with Gasteiger partial charge in [-0.15, -0.1) is 0 Å². The summed E-state index contributed by atoms with van der Waals surface area (Å²) in [6, 6.07) is 15.8. The Balaban J connectivity index is 1.44. The molecule has 3 aliphatic rings. The summed E-state index contributed by atoms with van der Waals surface area (Å²) >= 11 is 0. The third-order valence-electron chi connectivity index (χ3n) is 6.83. The second kappa shape index (κ2) is 7.66. The highest BCUT2D eigenvalue weighted by molar-refractivity contribution is 6.00. The van der Waals surface area contributed by atoms with Gasteiger partial charge in [0.25, 0.3) is 5.91 Å². The van der Waals surface area contributed by atoms with Gasteiger partial charge in [-0.1, -0.05) is 42.0 Å². The first-order chi connectivity index (χ1) is 15.0. The summed E-state index contributed by atoms with van der Waals surface area (Å²) in [6.45, 7) is 6.13. The number of likely N-dealkylation sites (N-methyl/N-ethyl adjacent to an activating group) is 1. The number of nitrogens with zero attached hydrogens (tertiary/aromatic N) is 4. The summed E-state index contributed by atoms with van der Waals surface area (Å²) in [5, 5.41) is 3.57. The van der Waals surface area contributed by atoms with Crippen LogP contribution in [-0.4, -0.2) is 65.3 Å². The highest BCUT2D eigenvalue weighted by Crippen LogP contribution is 2.33. The summed E-state index contributed by atoms with van der Waals surface area (Å²) in [7, 11) is 1.79. The largest absolute Gasteiger partial charge is 0.343 e. The van der Waals surface area contributed by atoms with E-state index >= 15 is 0 Å². The third-order valence-corrected chi connectivity index (χ3v) is 6.83. The van der Waals surface area contributed by atoms with Gasteiger partial charge in [0, 0.05) is 25.8 Å². The van der Waals surface area contributed by atoms with E-state index in [0.29, 0.717) is 6.54 Å². The van der Waals surface area contributed by atoms with Crippen molar-refractivity contribution < 1.29 is 9.59 Å². The van der Waals surface area contributed by atoms with Gasteiger partial charge in [-0.05, 0) is 43.5 Å². The molecule has 5 rings (SSSR count). The SMILES string of the molecule is Cc1ccc(N2CCCN3C4C(=O)N(Cc5ccccc5C)C(=O)N(C)C4NC23)cc1. The number of aryl methyl sites for hydroxylation is 2. The molecule has 2 aromatic rings. The molecule has 7 nitrogen and oxygen atoms in total. The third kappa shape index (κ3) is 3.28. The van der Waals surface area contributed by atoms with Gasteiger partial charge in [-0.3, -0.25) is 19.9 Å². The maximum Gasteiger partial charge on any atom is 0.328 e. The monoisotopic (exact) mass is 419 g/mol. The number of hydrogen-bond acceptors (Lipinski definition) is 5. The van der Waals surface area contributed by atoms with Crippen LogP contribution in [0.2, 0.25) is 0 Å². The van der Waals surface area contributed by atoms with Crippen LogP contribution in [0.4, 0.5) is 10.5 Å². The average molecular weight is 420 g/mol. The Morgan fingerprint density at radius 3 is 2.48 bits per heavy atom. The number of amides is 3. The molecule has 3 atom stereocenters. The first-order valence-electron chi connectivity index (χ1n) is 10.9. The van der Waals surface area contributed by atoms with E-state index in [1.54, 1.807) is 11.9 Å². The lowest BCUT2D eigenvalue weighted by atomic mass is 10.1. The molecule has 3 amide bonds. The lowest BCUT2D eigenvalue weighted by molar-refractivity contribution is -0.139. The molecule has 3 heterocycles. The molecule has 162 valence electrons. The van der Waals surface area contributed by atoms with E-state index in [1.165, 1.54) is 10.5 Å². The predicted molar refractivity (Wildman–Crippen MR) is 119 cm³/mol. The predicted octanol–water partition coefficient (Wildman–Crippen LogP) is 2.49. The van der Waals surface area contributed by atoms with E-state index in [2.05, 4.69) is 46.3 Å². The van der Waals surface area contributed by atoms with Crippen molar-refractivity contribution in [1.82, 2.24) is 20.0 Å². The van der Waals surface area contributed by atoms with Crippen LogP contribution in [0, 0.1) is 13.8 Å². The fraction of sp³-hybridized carbons (Fsp3) is 0.417. The minimum absolute atomic E-state index is 0.107. The molecule has 3 fully saturated rings. The fourth-order valence-corrected chi connectivity index (χ4v) is 5.02. The molecule has 0 spiro atoms. The van der Waals surface area contributed by atoms with Crippen LogP contribution < -0.4 is 10.2 Å². The van der Waals surface area contributed by atoms with Crippen molar-refractivity contribution in [3.8, 4) is 0 Å². The van der Waals surface area contributed by atoms with Crippen LogP contribution in [0.5, 0.6) is 0 Å². The lowest BCUT2D eigenvalue weighted by Crippen LogP contribution is -2.66. The summed E-state index contributed by atoms with van der Waals surface area (Å²) in [5.74, 6) is -0.114. The zero-order valence-electron chi connectivity index (χ0n) is 18.3. The quantitative estimate of drug-likeness (QED) is 0.828. The molecule has 7 heteroatoms. The number of rotatable bonds is 3. The van der Waals surface area contributed by atoms with Crippen molar-refractivity contribution in [2.45, 2.75) is 45.3 Å². The Kier molecular flexibility index (Phi) is 4.95. The minimum atomic E-state index is -0.384. The second-order valence-electron chi connectivity index (χ2n) is 8.79. The zero-order chi connectivity index (χ0) is 21.7. The summed E-state index contributed by atoms with van der Waals surface area (Å²) in [4.78, 5) is 34.4. The average Bonchev–Trinajstić information content (AvgIpc) is 3.17. The normalized spacial score (nSPS) is 26.3. The molecule has 31 heavy (non-hydrogen) atoms. The summed E-state index contributed by atoms with van der Waals surface area (Å²) in [6.07, 6.45) is 0.533. The molecule has 0 aromatic heterocycles. The van der Waals surface area contributed by atoms with Crippen molar-refractivity contribution in [1.29, 1.82) is 0 Å². The zero-order valence-corrected chi connectivity index (χ0v) is 18.3. The molecule has 0 bridgehead atoms. The number of fused-ring (bicyclic) bond motifs is 3. The number of urea groups is 1. The van der Waals surface area contributed by atoms with Gasteiger partial charge in [-0.25, -0.2) is 4.79 Å². The van der Waals surface area contributed by atoms with Crippen molar-refractivity contribution in [3.05, 3.63) is 65.2 Å². The number of carbonyl (C=O) groups is 2. The molecular formula is C24H29N5O2. The smallest absolute Gasteiger partial charge is 0.328 e. The standard InChI is InChI=1S/C24H29N5O2/c1-16-9-11-19(12-10-16)27-13-6-14-28-20-21(25-23(27)28)26(3)24(31)29(22(20)30)15-18-8-5-4-7-17(18)2/h4-5,7-12,20-21,23,25H,6,13-15H2,1-3H3. The van der Waals surface area contributed by atoms with Crippen molar-refractivity contribution in [2.24, 2.45) is 0 Å². The van der Waals surface area contributed by atoms with Crippen LogP contribution in [-0.2, 0) is 11.3 Å². The maximum absolute atomic E-state index is 13.6. The van der Waals surface area contributed by atoms with Crippen molar-refractivity contribution >= 4 is 17.6 Å². The highest BCUT2D eigenvalue weighted by atomic mass is 16.2. The molecular weight excluding hydrogens is 390 g/mol. The van der Waals surface area contributed by atoms with Crippen LogP contribution in [0.3, 0.4) is 0 Å². The van der Waals surface area contributed by atoms with Crippen LogP contribution >= 0.6 is 0 Å². The van der Waals surface area contributed by atoms with Gasteiger partial charge in [0.1, 0.15) is 18.5 Å². The van der Waals surface area contributed by atoms with E-state index in [0.717, 1.165) is 36.3 Å². The van der Waals surface area contributed by atoms with Gasteiger partial charge in [-0.2, -0.15) is 0 Å². The number of imide groups is 1. The van der Waals surface area contributed by atoms with E-state index in [1.807, 2.05) is 31.2 Å². The molecule has 3 unspecified atom stereocenters. The number of nitrogens with one attached hydrogen (secondary N) is 1. The minimum Gasteiger partial charge on any atom is -0.343 e. The number of hydrogen-bond donors (Lipinski definition) is 1. The number of carbonyl (C=O) groups excluding carboxylic acids is 2. The number of benzene rings is 2. The molecule has 0 aliphatic carbocycles. The van der Waals surface area contributed by atoms with Gasteiger partial charge in [0.15, 0.2) is 0 Å². The number of anilines is 1. The van der Waals surface area contributed by atoms with Gasteiger partial charge in [0.05, 0.1) is 6.54 Å². The Morgan fingerprint density at radius 2 is 1.74 bits per heavy atom. The van der Waals surface area contributed by atoms with Crippen LogP contribution in [0.25, 0.3) is 0 Å². The molecule has 1 N–H and O–H groups in total. The highest BCUT2D eigenvalue weighted by Gasteiger charge is 2.56. The summed E-state index contributed by atoms with van der Waals surface area (Å²) in [5.41, 5.74) is 4.43. The van der Waals surface area contributed by atoms with E-state index in [9.17, 15) is 9.59 Å². The first kappa shape index (κ1) is 20.0. The van der Waals surface area contributed by atoms with Gasteiger partial charge >= 0.3 is 6.03 Å². The summed E-state index contributed by atoms with van der Waals surface area (Å²) < 4.78 is 0. The molecule has 0 saturated carbocycles. The van der Waals surface area contributed by atoms with Gasteiger partial charge < -0.3 is 9.80 Å². The Labute approximate surface area is 183 Å². The van der Waals surface area contributed by atoms with Crippen LogP contribution in [0.15, 0.2) is 48.5 Å². The maximum atomic E-state index is 13.6. The van der Waals surface area contributed by atoms with E-state index in [4.69, 9.17) is 0 Å². The fourth-order valence-electron chi connectivity index (χ4n) is 5.02. The van der Waals surface area contributed by atoms with E-state index in [-0.39, 0.29) is 30.4 Å². The van der Waals surface area contributed by atoms with Gasteiger partial charge in [0.2, 0.25) is 0 Å². The van der Waals surface area contributed by atoms with Crippen molar-refractivity contribution in [2.75, 3.05) is 25.0 Å². The molecule has 0 radical (unpaired) electrons. The Morgan fingerprint density at radius 1 is 1.00 bits per heavy atom. The first-order valence-corrected chi connectivity index (χ1v) is 10.9. The topological polar surface area (TPSA) is 59.1 Å². The van der Waals surface area contributed by atoms with Crippen LogP contribution in [0.1, 0.15) is 23.1 Å². The Hall–Kier alpha value is -2.90.